The van der Waals surface area contributed by atoms with Crippen molar-refractivity contribution in [1.29, 1.82) is 0 Å². The highest BCUT2D eigenvalue weighted by atomic mass is 79.9. The Morgan fingerprint density at radius 3 is 2.79 bits per heavy atom. The van der Waals surface area contributed by atoms with Crippen LogP contribution in [0.4, 0.5) is 0 Å². The average molecular weight is 322 g/mol. The standard InChI is InChI=1S/C9H10Br2N2O/c1-6(10)3-7(5-14-2)9-12-4-8(11)13-9/h3-5H,1-2H3,(H,12,13)/b6-3+,7-5-. The zero-order valence-corrected chi connectivity index (χ0v) is 11.0. The monoisotopic (exact) mass is 320 g/mol. The summed E-state index contributed by atoms with van der Waals surface area (Å²) in [4.78, 5) is 7.23. The lowest BCUT2D eigenvalue weighted by molar-refractivity contribution is 0.340. The average Bonchev–Trinajstić information content (AvgIpc) is 2.50. The Morgan fingerprint density at radius 2 is 2.36 bits per heavy atom. The van der Waals surface area contributed by atoms with Crippen LogP contribution in [0, 0.1) is 0 Å². The van der Waals surface area contributed by atoms with Crippen LogP contribution >= 0.6 is 31.9 Å². The van der Waals surface area contributed by atoms with Crippen molar-refractivity contribution in [3.8, 4) is 0 Å². The molecule has 1 heterocycles. The van der Waals surface area contributed by atoms with Crippen molar-refractivity contribution in [2.45, 2.75) is 6.92 Å². The first-order valence-corrected chi connectivity index (χ1v) is 5.49. The minimum atomic E-state index is 0.762. The fraction of sp³-hybridized carbons (Fsp3) is 0.222. The molecule has 76 valence electrons. The van der Waals surface area contributed by atoms with Gasteiger partial charge in [-0.1, -0.05) is 15.9 Å². The van der Waals surface area contributed by atoms with Crippen LogP contribution in [0.25, 0.3) is 5.57 Å². The summed E-state index contributed by atoms with van der Waals surface area (Å²) >= 11 is 6.66. The van der Waals surface area contributed by atoms with Gasteiger partial charge in [0.1, 0.15) is 10.4 Å². The van der Waals surface area contributed by atoms with Crippen molar-refractivity contribution in [2.24, 2.45) is 0 Å². The molecular formula is C9H10Br2N2O. The molecule has 1 aromatic heterocycles. The van der Waals surface area contributed by atoms with E-state index in [9.17, 15) is 0 Å². The van der Waals surface area contributed by atoms with Gasteiger partial charge in [0.2, 0.25) is 0 Å². The van der Waals surface area contributed by atoms with Crippen molar-refractivity contribution >= 4 is 37.4 Å². The molecule has 0 aliphatic carbocycles. The lowest BCUT2D eigenvalue weighted by Crippen LogP contribution is -1.85. The van der Waals surface area contributed by atoms with Crippen LogP contribution < -0.4 is 0 Å². The van der Waals surface area contributed by atoms with Crippen LogP contribution in [0.15, 0.2) is 27.6 Å². The number of H-pyrrole nitrogens is 1. The number of aromatic amines is 1. The van der Waals surface area contributed by atoms with E-state index in [1.165, 1.54) is 0 Å². The maximum atomic E-state index is 4.97. The summed E-state index contributed by atoms with van der Waals surface area (Å²) in [6.45, 7) is 1.95. The van der Waals surface area contributed by atoms with Crippen LogP contribution in [0.2, 0.25) is 0 Å². The fourth-order valence-corrected chi connectivity index (χ4v) is 1.48. The van der Waals surface area contributed by atoms with Gasteiger partial charge in [-0.15, -0.1) is 0 Å². The molecule has 0 radical (unpaired) electrons. The number of ether oxygens (including phenoxy) is 1. The van der Waals surface area contributed by atoms with Gasteiger partial charge in [-0.3, -0.25) is 0 Å². The van der Waals surface area contributed by atoms with E-state index in [4.69, 9.17) is 4.74 Å². The number of imidazole rings is 1. The van der Waals surface area contributed by atoms with Gasteiger partial charge in [-0.25, -0.2) is 4.98 Å². The van der Waals surface area contributed by atoms with Gasteiger partial charge in [-0.05, 0) is 33.4 Å². The second-order valence-electron chi connectivity index (χ2n) is 2.62. The Morgan fingerprint density at radius 1 is 1.64 bits per heavy atom. The van der Waals surface area contributed by atoms with E-state index in [-0.39, 0.29) is 0 Å². The molecule has 3 nitrogen and oxygen atoms in total. The highest BCUT2D eigenvalue weighted by molar-refractivity contribution is 9.11. The molecule has 0 unspecified atom stereocenters. The van der Waals surface area contributed by atoms with Crippen molar-refractivity contribution in [3.63, 3.8) is 0 Å². The van der Waals surface area contributed by atoms with E-state index in [1.54, 1.807) is 19.6 Å². The fourth-order valence-electron chi connectivity index (χ4n) is 0.945. The summed E-state index contributed by atoms with van der Waals surface area (Å²) in [5.74, 6) is 0.762. The predicted molar refractivity (Wildman–Crippen MR) is 64.0 cm³/mol. The number of allylic oxidation sites excluding steroid dienone is 3. The van der Waals surface area contributed by atoms with Gasteiger partial charge in [-0.2, -0.15) is 0 Å². The number of aromatic nitrogens is 2. The summed E-state index contributed by atoms with van der Waals surface area (Å²) in [5, 5.41) is 0. The second-order valence-corrected chi connectivity index (χ2v) is 4.72. The SMILES string of the molecule is CO/C=C(/C=C(\C)Br)c1ncc(Br)[nH]1. The van der Waals surface area contributed by atoms with Crippen molar-refractivity contribution in [2.75, 3.05) is 7.11 Å². The number of methoxy groups -OCH3 is 1. The predicted octanol–water partition coefficient (Wildman–Crippen LogP) is 3.46. The van der Waals surface area contributed by atoms with Crippen molar-refractivity contribution in [1.82, 2.24) is 9.97 Å². The van der Waals surface area contributed by atoms with Gasteiger partial charge >= 0.3 is 0 Å². The van der Waals surface area contributed by atoms with E-state index in [1.807, 2.05) is 13.0 Å². The quantitative estimate of drug-likeness (QED) is 0.684. The van der Waals surface area contributed by atoms with E-state index in [0.29, 0.717) is 0 Å². The molecule has 0 bridgehead atoms. The maximum absolute atomic E-state index is 4.97. The van der Waals surface area contributed by atoms with Gasteiger partial charge < -0.3 is 9.72 Å². The van der Waals surface area contributed by atoms with Gasteiger partial charge in [0, 0.05) is 0 Å². The van der Waals surface area contributed by atoms with Crippen molar-refractivity contribution < 1.29 is 4.74 Å². The highest BCUT2D eigenvalue weighted by Gasteiger charge is 2.03. The normalized spacial score (nSPS) is 13.1. The summed E-state index contributed by atoms with van der Waals surface area (Å²) < 4.78 is 6.82. The number of nitrogens with zero attached hydrogens (tertiary/aromatic N) is 1. The topological polar surface area (TPSA) is 37.9 Å². The first kappa shape index (κ1) is 11.5. The molecule has 1 rings (SSSR count). The van der Waals surface area contributed by atoms with Crippen LogP contribution in [-0.2, 0) is 4.74 Å². The Balaban J connectivity index is 3.01. The number of halogens is 2. The van der Waals surface area contributed by atoms with E-state index < -0.39 is 0 Å². The minimum absolute atomic E-state index is 0.762. The Bertz CT molecular complexity index is 365. The summed E-state index contributed by atoms with van der Waals surface area (Å²) in [5.41, 5.74) is 0.882. The van der Waals surface area contributed by atoms with Crippen LogP contribution in [0.3, 0.4) is 0 Å². The molecular weight excluding hydrogens is 312 g/mol. The van der Waals surface area contributed by atoms with E-state index in [0.717, 1.165) is 20.5 Å². The third-order valence-corrected chi connectivity index (χ3v) is 2.05. The molecule has 0 spiro atoms. The number of hydrogen-bond acceptors (Lipinski definition) is 2. The molecule has 1 N–H and O–H groups in total. The molecule has 5 heteroatoms. The highest BCUT2D eigenvalue weighted by Crippen LogP contribution is 2.18. The zero-order chi connectivity index (χ0) is 10.6. The number of hydrogen-bond donors (Lipinski definition) is 1. The molecule has 0 atom stereocenters. The number of nitrogens with one attached hydrogen (secondary N) is 1. The molecule has 1 aromatic rings. The van der Waals surface area contributed by atoms with Crippen LogP contribution in [-0.4, -0.2) is 17.1 Å². The lowest BCUT2D eigenvalue weighted by atomic mass is 10.2. The first-order valence-electron chi connectivity index (χ1n) is 3.91. The second kappa shape index (κ2) is 5.36. The van der Waals surface area contributed by atoms with Crippen molar-refractivity contribution in [3.05, 3.63) is 33.4 Å². The largest absolute Gasteiger partial charge is 0.504 e. The molecule has 0 amide bonds. The Kier molecular flexibility index (Phi) is 4.41. The smallest absolute Gasteiger partial charge is 0.141 e. The summed E-state index contributed by atoms with van der Waals surface area (Å²) in [6, 6.07) is 0. The number of rotatable bonds is 3. The molecule has 0 saturated heterocycles. The van der Waals surface area contributed by atoms with Gasteiger partial charge in [0.05, 0.1) is 25.1 Å². The Hall–Kier alpha value is -0.550. The molecule has 0 aromatic carbocycles. The third-order valence-electron chi connectivity index (χ3n) is 1.42. The molecule has 14 heavy (non-hydrogen) atoms. The molecule has 0 saturated carbocycles. The van der Waals surface area contributed by atoms with Crippen LogP contribution in [0.1, 0.15) is 12.7 Å². The summed E-state index contributed by atoms with van der Waals surface area (Å²) in [6.07, 6.45) is 5.26. The van der Waals surface area contributed by atoms with E-state index >= 15 is 0 Å². The lowest BCUT2D eigenvalue weighted by Gasteiger charge is -1.98. The molecule has 0 aliphatic rings. The summed E-state index contributed by atoms with van der Waals surface area (Å²) in [7, 11) is 1.61. The van der Waals surface area contributed by atoms with Gasteiger partial charge in [0.15, 0.2) is 0 Å². The third kappa shape index (κ3) is 3.31. The van der Waals surface area contributed by atoms with Gasteiger partial charge in [0.25, 0.3) is 0 Å². The minimum Gasteiger partial charge on any atom is -0.504 e. The van der Waals surface area contributed by atoms with E-state index in [2.05, 4.69) is 41.8 Å². The molecule has 0 aliphatic heterocycles. The first-order chi connectivity index (χ1) is 6.63. The zero-order valence-electron chi connectivity index (χ0n) is 7.84. The van der Waals surface area contributed by atoms with Crippen LogP contribution in [0.5, 0.6) is 0 Å². The maximum Gasteiger partial charge on any atom is 0.141 e. The molecule has 0 fully saturated rings. The Labute approximate surface area is 99.5 Å².